The molecule has 0 saturated heterocycles. The van der Waals surface area contributed by atoms with E-state index in [4.69, 9.17) is 17.3 Å². The average molecular weight is 283 g/mol. The van der Waals surface area contributed by atoms with Crippen molar-refractivity contribution < 1.29 is 4.39 Å². The van der Waals surface area contributed by atoms with E-state index >= 15 is 0 Å². The average Bonchev–Trinajstić information content (AvgIpc) is 2.67. The van der Waals surface area contributed by atoms with Gasteiger partial charge in [-0.3, -0.25) is 0 Å². The lowest BCUT2D eigenvalue weighted by Crippen LogP contribution is -2.09. The second kappa shape index (κ2) is 4.52. The molecule has 1 aliphatic carbocycles. The van der Waals surface area contributed by atoms with Gasteiger partial charge in [-0.25, -0.2) is 9.37 Å². The van der Waals surface area contributed by atoms with Crippen LogP contribution in [0.1, 0.15) is 34.9 Å². The normalized spacial score (nSPS) is 18.7. The molecule has 1 aromatic carbocycles. The number of rotatable bonds is 1. The smallest absolute Gasteiger partial charge is 0.180 e. The molecule has 5 heteroatoms. The quantitative estimate of drug-likeness (QED) is 0.859. The molecule has 2 aromatic rings. The summed E-state index contributed by atoms with van der Waals surface area (Å²) in [6, 6.07) is 4.72. The second-order valence-electron chi connectivity index (χ2n) is 4.51. The molecule has 18 heavy (non-hydrogen) atoms. The minimum absolute atomic E-state index is 0.178. The topological polar surface area (TPSA) is 38.9 Å². The number of benzene rings is 1. The molecule has 0 aliphatic heterocycles. The highest BCUT2D eigenvalue weighted by atomic mass is 35.5. The van der Waals surface area contributed by atoms with Crippen molar-refractivity contribution in [1.82, 2.24) is 4.98 Å². The molecule has 94 valence electrons. The van der Waals surface area contributed by atoms with Gasteiger partial charge in [-0.1, -0.05) is 11.6 Å². The van der Waals surface area contributed by atoms with Gasteiger partial charge < -0.3 is 5.73 Å². The molecular formula is C13H12ClFN2S. The Hall–Kier alpha value is -1.13. The van der Waals surface area contributed by atoms with Crippen molar-refractivity contribution in [3.8, 4) is 0 Å². The first-order valence-electron chi connectivity index (χ1n) is 5.84. The summed E-state index contributed by atoms with van der Waals surface area (Å²) in [5.74, 6) is -0.112. The molecule has 1 aliphatic rings. The number of anilines is 1. The zero-order chi connectivity index (χ0) is 12.7. The van der Waals surface area contributed by atoms with Crippen LogP contribution in [0, 0.1) is 5.82 Å². The molecule has 2 N–H and O–H groups in total. The maximum Gasteiger partial charge on any atom is 0.180 e. The SMILES string of the molecule is Nc1nc2c(s1)C(c1cc(F)cc(Cl)c1)CCC2. The lowest BCUT2D eigenvalue weighted by atomic mass is 9.86. The molecule has 1 unspecified atom stereocenters. The number of hydrogen-bond acceptors (Lipinski definition) is 3. The Morgan fingerprint density at radius 2 is 2.22 bits per heavy atom. The van der Waals surface area contributed by atoms with E-state index in [1.54, 1.807) is 6.07 Å². The Bertz CT molecular complexity index is 576. The van der Waals surface area contributed by atoms with Crippen LogP contribution in [0.3, 0.4) is 0 Å². The third-order valence-corrected chi connectivity index (χ3v) is 4.51. The van der Waals surface area contributed by atoms with Crippen LogP contribution in [0.15, 0.2) is 18.2 Å². The Labute approximate surface area is 114 Å². The Morgan fingerprint density at radius 3 is 3.00 bits per heavy atom. The summed E-state index contributed by atoms with van der Waals surface area (Å²) in [6.07, 6.45) is 3.01. The predicted octanol–water partition coefficient (Wildman–Crippen LogP) is 3.99. The molecule has 0 spiro atoms. The molecular weight excluding hydrogens is 271 g/mol. The highest BCUT2D eigenvalue weighted by molar-refractivity contribution is 7.15. The monoisotopic (exact) mass is 282 g/mol. The van der Waals surface area contributed by atoms with Crippen LogP contribution < -0.4 is 5.73 Å². The van der Waals surface area contributed by atoms with Crippen molar-refractivity contribution >= 4 is 28.1 Å². The summed E-state index contributed by atoms with van der Waals surface area (Å²) in [4.78, 5) is 5.51. The van der Waals surface area contributed by atoms with Crippen molar-refractivity contribution in [1.29, 1.82) is 0 Å². The van der Waals surface area contributed by atoms with Crippen molar-refractivity contribution in [2.75, 3.05) is 5.73 Å². The summed E-state index contributed by atoms with van der Waals surface area (Å²) < 4.78 is 13.4. The number of nitrogens with two attached hydrogens (primary N) is 1. The molecule has 0 saturated carbocycles. The van der Waals surface area contributed by atoms with Gasteiger partial charge in [0.2, 0.25) is 0 Å². The third-order valence-electron chi connectivity index (χ3n) is 3.25. The van der Waals surface area contributed by atoms with Crippen LogP contribution in [0.2, 0.25) is 5.02 Å². The van der Waals surface area contributed by atoms with Gasteiger partial charge in [0.15, 0.2) is 5.13 Å². The maximum absolute atomic E-state index is 13.4. The van der Waals surface area contributed by atoms with E-state index in [9.17, 15) is 4.39 Å². The molecule has 0 fully saturated rings. The number of nitrogens with zero attached hydrogens (tertiary/aromatic N) is 1. The Kier molecular flexibility index (Phi) is 2.99. The molecule has 1 heterocycles. The zero-order valence-corrected chi connectivity index (χ0v) is 11.2. The summed E-state index contributed by atoms with van der Waals surface area (Å²) in [5.41, 5.74) is 7.75. The minimum atomic E-state index is -0.290. The van der Waals surface area contributed by atoms with Crippen LogP contribution in [0.5, 0.6) is 0 Å². The molecule has 2 nitrogen and oxygen atoms in total. The first-order chi connectivity index (χ1) is 8.63. The lowest BCUT2D eigenvalue weighted by molar-refractivity contribution is 0.599. The van der Waals surface area contributed by atoms with Crippen LogP contribution in [0.25, 0.3) is 0 Å². The number of halogens is 2. The van der Waals surface area contributed by atoms with Crippen molar-refractivity contribution in [3.63, 3.8) is 0 Å². The molecule has 3 rings (SSSR count). The fourth-order valence-corrected chi connectivity index (χ4v) is 3.81. The van der Waals surface area contributed by atoms with Crippen LogP contribution in [0.4, 0.5) is 9.52 Å². The Balaban J connectivity index is 2.07. The van der Waals surface area contributed by atoms with E-state index in [2.05, 4.69) is 4.98 Å². The van der Waals surface area contributed by atoms with E-state index in [-0.39, 0.29) is 11.7 Å². The standard InChI is InChI=1S/C13H12ClFN2S/c14-8-4-7(5-9(15)6-8)10-2-1-3-11-12(10)18-13(16)17-11/h4-6,10H,1-3H2,(H2,16,17). The van der Waals surface area contributed by atoms with Crippen molar-refractivity contribution in [3.05, 3.63) is 45.2 Å². The first kappa shape index (κ1) is 11.9. The summed E-state index contributed by atoms with van der Waals surface area (Å²) in [7, 11) is 0. The van der Waals surface area contributed by atoms with E-state index in [0.717, 1.165) is 30.5 Å². The summed E-state index contributed by atoms with van der Waals surface area (Å²) in [6.45, 7) is 0. The third kappa shape index (κ3) is 2.10. The highest BCUT2D eigenvalue weighted by Gasteiger charge is 2.26. The molecule has 1 atom stereocenters. The first-order valence-corrected chi connectivity index (χ1v) is 7.04. The fourth-order valence-electron chi connectivity index (χ4n) is 2.53. The van der Waals surface area contributed by atoms with Gasteiger partial charge in [0.05, 0.1) is 5.69 Å². The highest BCUT2D eigenvalue weighted by Crippen LogP contribution is 2.41. The minimum Gasteiger partial charge on any atom is -0.375 e. The van der Waals surface area contributed by atoms with Gasteiger partial charge in [-0.15, -0.1) is 11.3 Å². The van der Waals surface area contributed by atoms with Crippen molar-refractivity contribution in [2.45, 2.75) is 25.2 Å². The Morgan fingerprint density at radius 1 is 1.39 bits per heavy atom. The molecule has 1 aromatic heterocycles. The molecule has 0 radical (unpaired) electrons. The van der Waals surface area contributed by atoms with Crippen LogP contribution in [-0.4, -0.2) is 4.98 Å². The predicted molar refractivity (Wildman–Crippen MR) is 72.7 cm³/mol. The van der Waals surface area contributed by atoms with Gasteiger partial charge in [-0.2, -0.15) is 0 Å². The maximum atomic E-state index is 13.4. The van der Waals surface area contributed by atoms with Crippen molar-refractivity contribution in [2.24, 2.45) is 0 Å². The van der Waals surface area contributed by atoms with Gasteiger partial charge in [0, 0.05) is 15.8 Å². The van der Waals surface area contributed by atoms with Gasteiger partial charge in [0.1, 0.15) is 5.82 Å². The molecule has 0 bridgehead atoms. The lowest BCUT2D eigenvalue weighted by Gasteiger charge is -2.21. The number of fused-ring (bicyclic) bond motifs is 1. The van der Waals surface area contributed by atoms with Gasteiger partial charge >= 0.3 is 0 Å². The van der Waals surface area contributed by atoms with Gasteiger partial charge in [0.25, 0.3) is 0 Å². The van der Waals surface area contributed by atoms with Gasteiger partial charge in [-0.05, 0) is 43.0 Å². The number of nitrogen functional groups attached to an aromatic ring is 1. The van der Waals surface area contributed by atoms with E-state index in [1.165, 1.54) is 22.3 Å². The summed E-state index contributed by atoms with van der Waals surface area (Å²) in [5, 5.41) is 1.03. The zero-order valence-electron chi connectivity index (χ0n) is 9.62. The largest absolute Gasteiger partial charge is 0.375 e. The van der Waals surface area contributed by atoms with Crippen LogP contribution >= 0.6 is 22.9 Å². The van der Waals surface area contributed by atoms with E-state index in [1.807, 2.05) is 6.07 Å². The second-order valence-corrected chi connectivity index (χ2v) is 6.01. The molecule has 0 amide bonds. The van der Waals surface area contributed by atoms with E-state index < -0.39 is 0 Å². The number of hydrogen-bond donors (Lipinski definition) is 1. The number of aromatic nitrogens is 1. The van der Waals surface area contributed by atoms with Crippen LogP contribution in [-0.2, 0) is 6.42 Å². The number of aryl methyl sites for hydroxylation is 1. The van der Waals surface area contributed by atoms with E-state index in [0.29, 0.717) is 10.2 Å². The fraction of sp³-hybridized carbons (Fsp3) is 0.308. The number of thiazole rings is 1. The summed E-state index contributed by atoms with van der Waals surface area (Å²) >= 11 is 7.43.